The summed E-state index contributed by atoms with van der Waals surface area (Å²) in [5.74, 6) is 0.229. The lowest BCUT2D eigenvalue weighted by molar-refractivity contribution is -0.120. The third-order valence-electron chi connectivity index (χ3n) is 4.98. The van der Waals surface area contributed by atoms with Gasteiger partial charge in [-0.2, -0.15) is 0 Å². The second kappa shape index (κ2) is 10.00. The molecule has 0 atom stereocenters. The first-order valence-electron chi connectivity index (χ1n) is 10.2. The van der Waals surface area contributed by atoms with E-state index in [1.165, 1.54) is 21.1 Å². The highest BCUT2D eigenvalue weighted by Gasteiger charge is 2.29. The van der Waals surface area contributed by atoms with E-state index in [2.05, 4.69) is 16.0 Å². The van der Waals surface area contributed by atoms with Crippen LogP contribution in [0.25, 0.3) is 6.08 Å². The van der Waals surface area contributed by atoms with Gasteiger partial charge >= 0.3 is 0 Å². The minimum absolute atomic E-state index is 0.0103. The molecule has 0 saturated heterocycles. The first-order valence-corrected chi connectivity index (χ1v) is 10.2. The highest BCUT2D eigenvalue weighted by molar-refractivity contribution is 6.09. The van der Waals surface area contributed by atoms with Crippen molar-refractivity contribution in [2.24, 2.45) is 5.92 Å². The lowest BCUT2D eigenvalue weighted by atomic mass is 10.1. The number of nitrogens with one attached hydrogen (secondary N) is 3. The summed E-state index contributed by atoms with van der Waals surface area (Å²) in [6.07, 6.45) is 3.35. The zero-order valence-electron chi connectivity index (χ0n) is 18.6. The van der Waals surface area contributed by atoms with Gasteiger partial charge in [0, 0.05) is 24.2 Å². The molecule has 0 unspecified atom stereocenters. The van der Waals surface area contributed by atoms with Crippen molar-refractivity contribution in [2.45, 2.75) is 26.7 Å². The average molecular weight is 437 g/mol. The highest BCUT2D eigenvalue weighted by atomic mass is 16.5. The van der Waals surface area contributed by atoms with Crippen LogP contribution in [0.2, 0.25) is 0 Å². The predicted molar refractivity (Wildman–Crippen MR) is 123 cm³/mol. The van der Waals surface area contributed by atoms with Crippen molar-refractivity contribution in [3.63, 3.8) is 0 Å². The first-order chi connectivity index (χ1) is 15.3. The second-order valence-electron chi connectivity index (χ2n) is 7.60. The maximum Gasteiger partial charge on any atom is 0.272 e. The molecule has 0 radical (unpaired) electrons. The van der Waals surface area contributed by atoms with E-state index >= 15 is 0 Å². The fourth-order valence-corrected chi connectivity index (χ4v) is 3.07. The molecule has 1 saturated carbocycles. The van der Waals surface area contributed by atoms with Gasteiger partial charge in [-0.05, 0) is 61.2 Å². The van der Waals surface area contributed by atoms with Crippen LogP contribution in [0.5, 0.6) is 11.5 Å². The van der Waals surface area contributed by atoms with Crippen LogP contribution in [0.15, 0.2) is 42.1 Å². The Morgan fingerprint density at radius 1 is 0.969 bits per heavy atom. The minimum atomic E-state index is -0.502. The summed E-state index contributed by atoms with van der Waals surface area (Å²) < 4.78 is 10.5. The molecule has 0 heterocycles. The summed E-state index contributed by atoms with van der Waals surface area (Å²) >= 11 is 0. The normalized spacial score (nSPS) is 13.2. The molecule has 1 fully saturated rings. The van der Waals surface area contributed by atoms with Gasteiger partial charge < -0.3 is 25.4 Å². The van der Waals surface area contributed by atoms with Crippen LogP contribution in [0, 0.1) is 12.8 Å². The van der Waals surface area contributed by atoms with Crippen molar-refractivity contribution < 1.29 is 23.9 Å². The zero-order valence-corrected chi connectivity index (χ0v) is 18.6. The van der Waals surface area contributed by atoms with Crippen LogP contribution >= 0.6 is 0 Å². The molecule has 1 aliphatic carbocycles. The fraction of sp³-hybridized carbons (Fsp3) is 0.292. The molecule has 0 aromatic heterocycles. The van der Waals surface area contributed by atoms with E-state index in [9.17, 15) is 14.4 Å². The van der Waals surface area contributed by atoms with Crippen LogP contribution in [-0.4, -0.2) is 31.9 Å². The Hall–Kier alpha value is -3.81. The Balaban J connectivity index is 1.83. The Bertz CT molecular complexity index is 1070. The third kappa shape index (κ3) is 5.87. The van der Waals surface area contributed by atoms with Gasteiger partial charge in [0.15, 0.2) is 11.5 Å². The number of aryl methyl sites for hydroxylation is 1. The van der Waals surface area contributed by atoms with Crippen LogP contribution < -0.4 is 25.4 Å². The molecule has 2 aromatic rings. The Labute approximate surface area is 187 Å². The number of methoxy groups -OCH3 is 2. The van der Waals surface area contributed by atoms with Crippen molar-refractivity contribution in [1.29, 1.82) is 0 Å². The molecule has 2 aromatic carbocycles. The van der Waals surface area contributed by atoms with Crippen molar-refractivity contribution in [2.75, 3.05) is 24.9 Å². The number of rotatable bonds is 8. The SMILES string of the molecule is COc1ccc(/C=C(\NC(C)=O)C(=O)Nc2ccc(C)c(NC(=O)C3CC3)c2)cc1OC. The van der Waals surface area contributed by atoms with E-state index in [0.717, 1.165) is 18.4 Å². The molecule has 3 amide bonds. The smallest absolute Gasteiger partial charge is 0.272 e. The zero-order chi connectivity index (χ0) is 23.3. The monoisotopic (exact) mass is 437 g/mol. The van der Waals surface area contributed by atoms with Crippen LogP contribution in [0.4, 0.5) is 11.4 Å². The molecule has 8 heteroatoms. The molecule has 0 spiro atoms. The van der Waals surface area contributed by atoms with Gasteiger partial charge in [0.25, 0.3) is 5.91 Å². The van der Waals surface area contributed by atoms with Gasteiger partial charge in [0.1, 0.15) is 5.70 Å². The Morgan fingerprint density at radius 2 is 1.69 bits per heavy atom. The van der Waals surface area contributed by atoms with Crippen molar-refractivity contribution >= 4 is 35.2 Å². The Morgan fingerprint density at radius 3 is 2.31 bits per heavy atom. The number of ether oxygens (including phenoxy) is 2. The molecule has 3 rings (SSSR count). The molecule has 8 nitrogen and oxygen atoms in total. The lowest BCUT2D eigenvalue weighted by Crippen LogP contribution is -2.29. The van der Waals surface area contributed by atoms with E-state index in [-0.39, 0.29) is 23.4 Å². The summed E-state index contributed by atoms with van der Waals surface area (Å²) in [5.41, 5.74) is 2.73. The summed E-state index contributed by atoms with van der Waals surface area (Å²) in [5, 5.41) is 8.25. The summed E-state index contributed by atoms with van der Waals surface area (Å²) in [7, 11) is 3.05. The van der Waals surface area contributed by atoms with Gasteiger partial charge in [-0.3, -0.25) is 14.4 Å². The number of hydrogen-bond donors (Lipinski definition) is 3. The number of carbonyl (C=O) groups is 3. The van der Waals surface area contributed by atoms with Gasteiger partial charge in [-0.25, -0.2) is 0 Å². The highest BCUT2D eigenvalue weighted by Crippen LogP contribution is 2.31. The third-order valence-corrected chi connectivity index (χ3v) is 4.98. The second-order valence-corrected chi connectivity index (χ2v) is 7.60. The molecule has 168 valence electrons. The van der Waals surface area contributed by atoms with Crippen molar-refractivity contribution in [3.05, 3.63) is 53.2 Å². The van der Waals surface area contributed by atoms with Gasteiger partial charge in [-0.1, -0.05) is 12.1 Å². The number of benzene rings is 2. The maximum absolute atomic E-state index is 12.9. The standard InChI is InChI=1S/C24H27N3O5/c1-14-5-9-18(13-19(14)27-23(29)17-7-8-17)26-24(30)20(25-15(2)28)11-16-6-10-21(31-3)22(12-16)32-4/h5-6,9-13,17H,7-8H2,1-4H3,(H,25,28)(H,26,30)(H,27,29)/b20-11-. The Kier molecular flexibility index (Phi) is 7.14. The summed E-state index contributed by atoms with van der Waals surface area (Å²) in [4.78, 5) is 36.7. The van der Waals surface area contributed by atoms with Gasteiger partial charge in [-0.15, -0.1) is 0 Å². The molecule has 0 aliphatic heterocycles. The summed E-state index contributed by atoms with van der Waals surface area (Å²) in [6, 6.07) is 10.4. The van der Waals surface area contributed by atoms with E-state index in [1.807, 2.05) is 13.0 Å². The average Bonchev–Trinajstić information content (AvgIpc) is 3.60. The largest absolute Gasteiger partial charge is 0.493 e. The van der Waals surface area contributed by atoms with Crippen LogP contribution in [0.3, 0.4) is 0 Å². The number of carbonyl (C=O) groups excluding carboxylic acids is 3. The first kappa shape index (κ1) is 22.9. The molecule has 3 N–H and O–H groups in total. The van der Waals surface area contributed by atoms with Crippen LogP contribution in [0.1, 0.15) is 30.9 Å². The van der Waals surface area contributed by atoms with E-state index in [4.69, 9.17) is 9.47 Å². The molecule has 0 bridgehead atoms. The van der Waals surface area contributed by atoms with E-state index in [0.29, 0.717) is 28.4 Å². The number of anilines is 2. The van der Waals surface area contributed by atoms with Gasteiger partial charge in [0.05, 0.1) is 14.2 Å². The lowest BCUT2D eigenvalue weighted by Gasteiger charge is -2.13. The number of hydrogen-bond acceptors (Lipinski definition) is 5. The van der Waals surface area contributed by atoms with Crippen molar-refractivity contribution in [3.8, 4) is 11.5 Å². The van der Waals surface area contributed by atoms with Crippen molar-refractivity contribution in [1.82, 2.24) is 5.32 Å². The fourth-order valence-electron chi connectivity index (χ4n) is 3.07. The predicted octanol–water partition coefficient (Wildman–Crippen LogP) is 3.48. The van der Waals surface area contributed by atoms with Crippen LogP contribution in [-0.2, 0) is 14.4 Å². The summed E-state index contributed by atoms with van der Waals surface area (Å²) in [6.45, 7) is 3.21. The topological polar surface area (TPSA) is 106 Å². The minimum Gasteiger partial charge on any atom is -0.493 e. The van der Waals surface area contributed by atoms with Gasteiger partial charge in [0.2, 0.25) is 11.8 Å². The molecular formula is C24H27N3O5. The van der Waals surface area contributed by atoms with E-state index in [1.54, 1.807) is 36.4 Å². The van der Waals surface area contributed by atoms with E-state index < -0.39 is 5.91 Å². The number of amides is 3. The maximum atomic E-state index is 12.9. The molecule has 32 heavy (non-hydrogen) atoms. The molecule has 1 aliphatic rings. The molecular weight excluding hydrogens is 410 g/mol. The quantitative estimate of drug-likeness (QED) is 0.549.